The lowest BCUT2D eigenvalue weighted by atomic mass is 9.87. The van der Waals surface area contributed by atoms with E-state index in [0.717, 1.165) is 11.3 Å². The van der Waals surface area contributed by atoms with E-state index in [2.05, 4.69) is 38.2 Å². The van der Waals surface area contributed by atoms with E-state index in [1.54, 1.807) is 0 Å². The maximum atomic E-state index is 11.0. The summed E-state index contributed by atoms with van der Waals surface area (Å²) in [5.41, 5.74) is 3.25. The first-order chi connectivity index (χ1) is 9.38. The number of nitrogens with one attached hydrogen (secondary N) is 1. The molecule has 0 fully saturated rings. The van der Waals surface area contributed by atoms with Gasteiger partial charge in [-0.15, -0.1) is 11.3 Å². The summed E-state index contributed by atoms with van der Waals surface area (Å²) in [6.45, 7) is 7.07. The molecule has 1 aromatic carbocycles. The maximum absolute atomic E-state index is 11.0. The van der Waals surface area contributed by atoms with Crippen molar-refractivity contribution in [3.63, 3.8) is 0 Å². The van der Waals surface area contributed by atoms with Crippen LogP contribution in [0.2, 0.25) is 0 Å². The zero-order valence-corrected chi connectivity index (χ0v) is 12.8. The van der Waals surface area contributed by atoms with Crippen molar-refractivity contribution in [3.8, 4) is 0 Å². The highest BCUT2D eigenvalue weighted by Crippen LogP contribution is 2.24. The van der Waals surface area contributed by atoms with Crippen LogP contribution in [0.3, 0.4) is 0 Å². The highest BCUT2D eigenvalue weighted by molar-refractivity contribution is 7.12. The SMILES string of the molecule is CC(C)(C)c1ccc(NCc2ccsc2C(=O)O)cc1. The van der Waals surface area contributed by atoms with Crippen LogP contribution in [0.5, 0.6) is 0 Å². The molecule has 106 valence electrons. The standard InChI is InChI=1S/C16H19NO2S/c1-16(2,3)12-4-6-13(7-5-12)17-10-11-8-9-20-14(11)15(18)19/h4-9,17H,10H2,1-3H3,(H,18,19). The minimum atomic E-state index is -0.861. The Morgan fingerprint density at radius 3 is 2.40 bits per heavy atom. The summed E-state index contributed by atoms with van der Waals surface area (Å²) in [6, 6.07) is 10.1. The number of carbonyl (C=O) groups is 1. The second kappa shape index (κ2) is 5.67. The van der Waals surface area contributed by atoms with E-state index in [1.807, 2.05) is 23.6 Å². The number of hydrogen-bond acceptors (Lipinski definition) is 3. The van der Waals surface area contributed by atoms with Gasteiger partial charge in [0.25, 0.3) is 0 Å². The predicted molar refractivity (Wildman–Crippen MR) is 83.7 cm³/mol. The first-order valence-electron chi connectivity index (χ1n) is 6.52. The minimum Gasteiger partial charge on any atom is -0.477 e. The van der Waals surface area contributed by atoms with Gasteiger partial charge < -0.3 is 10.4 Å². The summed E-state index contributed by atoms with van der Waals surface area (Å²) in [4.78, 5) is 11.4. The Morgan fingerprint density at radius 2 is 1.85 bits per heavy atom. The van der Waals surface area contributed by atoms with E-state index < -0.39 is 5.97 Å². The summed E-state index contributed by atoms with van der Waals surface area (Å²) >= 11 is 1.26. The van der Waals surface area contributed by atoms with Crippen LogP contribution in [0.1, 0.15) is 41.6 Å². The fourth-order valence-electron chi connectivity index (χ4n) is 1.95. The highest BCUT2D eigenvalue weighted by Gasteiger charge is 2.13. The topological polar surface area (TPSA) is 49.3 Å². The van der Waals surface area contributed by atoms with Gasteiger partial charge in [0.15, 0.2) is 0 Å². The van der Waals surface area contributed by atoms with Gasteiger partial charge in [-0.05, 0) is 40.1 Å². The number of aromatic carboxylic acids is 1. The Labute approximate surface area is 123 Å². The molecule has 2 aromatic rings. The highest BCUT2D eigenvalue weighted by atomic mass is 32.1. The Balaban J connectivity index is 2.04. The van der Waals surface area contributed by atoms with Crippen LogP contribution < -0.4 is 5.32 Å². The molecule has 1 heterocycles. The Kier molecular flexibility index (Phi) is 4.14. The quantitative estimate of drug-likeness (QED) is 0.879. The molecule has 0 amide bonds. The second-order valence-corrected chi connectivity index (χ2v) is 6.68. The van der Waals surface area contributed by atoms with Gasteiger partial charge in [0.1, 0.15) is 4.88 Å². The van der Waals surface area contributed by atoms with Crippen LogP contribution >= 0.6 is 11.3 Å². The molecule has 0 bridgehead atoms. The number of carboxylic acid groups (broad SMARTS) is 1. The molecule has 4 heteroatoms. The van der Waals surface area contributed by atoms with Crippen molar-refractivity contribution in [2.45, 2.75) is 32.7 Å². The van der Waals surface area contributed by atoms with Crippen LogP contribution in [0.15, 0.2) is 35.7 Å². The van der Waals surface area contributed by atoms with Gasteiger partial charge in [-0.25, -0.2) is 4.79 Å². The Morgan fingerprint density at radius 1 is 1.20 bits per heavy atom. The van der Waals surface area contributed by atoms with Crippen LogP contribution in [0, 0.1) is 0 Å². The molecule has 0 spiro atoms. The number of hydrogen-bond donors (Lipinski definition) is 2. The molecule has 0 saturated carbocycles. The van der Waals surface area contributed by atoms with E-state index in [1.165, 1.54) is 16.9 Å². The molecular formula is C16H19NO2S. The van der Waals surface area contributed by atoms with Crippen LogP contribution in [0.25, 0.3) is 0 Å². The van der Waals surface area contributed by atoms with E-state index in [-0.39, 0.29) is 5.41 Å². The third kappa shape index (κ3) is 3.39. The van der Waals surface area contributed by atoms with Gasteiger partial charge in [-0.3, -0.25) is 0 Å². The van der Waals surface area contributed by atoms with Crippen molar-refractivity contribution in [2.24, 2.45) is 0 Å². The number of benzene rings is 1. The van der Waals surface area contributed by atoms with E-state index in [9.17, 15) is 4.79 Å². The molecule has 2 rings (SSSR count). The molecule has 0 aliphatic rings. The Hall–Kier alpha value is -1.81. The number of carboxylic acids is 1. The third-order valence-corrected chi connectivity index (χ3v) is 4.12. The van der Waals surface area contributed by atoms with Crippen molar-refractivity contribution in [3.05, 3.63) is 51.7 Å². The number of anilines is 1. The van der Waals surface area contributed by atoms with Gasteiger partial charge in [0.05, 0.1) is 0 Å². The fourth-order valence-corrected chi connectivity index (χ4v) is 2.71. The molecule has 1 aromatic heterocycles. The summed E-state index contributed by atoms with van der Waals surface area (Å²) in [6.07, 6.45) is 0. The lowest BCUT2D eigenvalue weighted by Crippen LogP contribution is -2.11. The van der Waals surface area contributed by atoms with Crippen molar-refractivity contribution in [2.75, 3.05) is 5.32 Å². The molecular weight excluding hydrogens is 270 g/mol. The van der Waals surface area contributed by atoms with Gasteiger partial charge in [-0.2, -0.15) is 0 Å². The maximum Gasteiger partial charge on any atom is 0.346 e. The summed E-state index contributed by atoms with van der Waals surface area (Å²) in [5.74, 6) is -0.861. The molecule has 0 atom stereocenters. The largest absolute Gasteiger partial charge is 0.477 e. The fraction of sp³-hybridized carbons (Fsp3) is 0.312. The van der Waals surface area contributed by atoms with Gasteiger partial charge in [0, 0.05) is 12.2 Å². The zero-order valence-electron chi connectivity index (χ0n) is 11.9. The first-order valence-corrected chi connectivity index (χ1v) is 7.40. The molecule has 20 heavy (non-hydrogen) atoms. The van der Waals surface area contributed by atoms with Crippen molar-refractivity contribution in [1.82, 2.24) is 0 Å². The van der Waals surface area contributed by atoms with Gasteiger partial charge in [-0.1, -0.05) is 32.9 Å². The average Bonchev–Trinajstić information content (AvgIpc) is 2.84. The summed E-state index contributed by atoms with van der Waals surface area (Å²) < 4.78 is 0. The molecule has 3 nitrogen and oxygen atoms in total. The van der Waals surface area contributed by atoms with Crippen LogP contribution in [-0.4, -0.2) is 11.1 Å². The minimum absolute atomic E-state index is 0.141. The molecule has 0 radical (unpaired) electrons. The zero-order chi connectivity index (χ0) is 14.8. The third-order valence-electron chi connectivity index (χ3n) is 3.17. The molecule has 0 unspecified atom stereocenters. The molecule has 0 saturated heterocycles. The lowest BCUT2D eigenvalue weighted by Gasteiger charge is -2.19. The van der Waals surface area contributed by atoms with Gasteiger partial charge >= 0.3 is 5.97 Å². The smallest absolute Gasteiger partial charge is 0.346 e. The average molecular weight is 289 g/mol. The summed E-state index contributed by atoms with van der Waals surface area (Å²) in [5, 5.41) is 14.1. The molecule has 2 N–H and O–H groups in total. The van der Waals surface area contributed by atoms with Crippen molar-refractivity contribution in [1.29, 1.82) is 0 Å². The Bertz CT molecular complexity index is 594. The second-order valence-electron chi connectivity index (χ2n) is 5.76. The molecule has 0 aliphatic carbocycles. The van der Waals surface area contributed by atoms with Gasteiger partial charge in [0.2, 0.25) is 0 Å². The van der Waals surface area contributed by atoms with Crippen LogP contribution in [0.4, 0.5) is 5.69 Å². The van der Waals surface area contributed by atoms with Crippen LogP contribution in [-0.2, 0) is 12.0 Å². The number of rotatable bonds is 4. The van der Waals surface area contributed by atoms with E-state index in [4.69, 9.17) is 5.11 Å². The molecule has 0 aliphatic heterocycles. The van der Waals surface area contributed by atoms with E-state index in [0.29, 0.717) is 11.4 Å². The monoisotopic (exact) mass is 289 g/mol. The predicted octanol–water partition coefficient (Wildman–Crippen LogP) is 4.36. The van der Waals surface area contributed by atoms with E-state index >= 15 is 0 Å². The lowest BCUT2D eigenvalue weighted by molar-refractivity contribution is 0.0701. The first kappa shape index (κ1) is 14.6. The summed E-state index contributed by atoms with van der Waals surface area (Å²) in [7, 11) is 0. The normalized spacial score (nSPS) is 11.3. The van der Waals surface area contributed by atoms with Crippen molar-refractivity contribution < 1.29 is 9.90 Å². The van der Waals surface area contributed by atoms with Crippen molar-refractivity contribution >= 4 is 23.0 Å². The number of thiophene rings is 1.